The van der Waals surface area contributed by atoms with Gasteiger partial charge in [0.25, 0.3) is 0 Å². The number of carbonyl (C=O) groups excluding carboxylic acids is 1. The van der Waals surface area contributed by atoms with E-state index in [9.17, 15) is 19.8 Å². The molecule has 22 heavy (non-hydrogen) atoms. The Morgan fingerprint density at radius 2 is 2.00 bits per heavy atom. The van der Waals surface area contributed by atoms with Gasteiger partial charge in [-0.15, -0.1) is 11.8 Å². The maximum absolute atomic E-state index is 12.2. The van der Waals surface area contributed by atoms with Gasteiger partial charge in [0.1, 0.15) is 5.75 Å². The lowest BCUT2D eigenvalue weighted by molar-refractivity contribution is -0.170. The lowest BCUT2D eigenvalue weighted by Crippen LogP contribution is -2.71. The van der Waals surface area contributed by atoms with E-state index in [0.29, 0.717) is 12.0 Å². The molecule has 0 aromatic heterocycles. The van der Waals surface area contributed by atoms with Crippen LogP contribution in [-0.2, 0) is 9.59 Å². The first-order valence-corrected chi connectivity index (χ1v) is 7.87. The minimum atomic E-state index is -1.51. The number of β-lactam (4-membered cyclic amide) rings is 1. The SMILES string of the molecule is CC1(C)S[C@@H]2CC(=O)N2[C@]1(C(=O)O)C(N)c1ccc(O)cc1. The highest BCUT2D eigenvalue weighted by Crippen LogP contribution is 2.60. The number of rotatable bonds is 3. The van der Waals surface area contributed by atoms with Crippen LogP contribution in [0.25, 0.3) is 0 Å². The van der Waals surface area contributed by atoms with Crippen molar-refractivity contribution in [1.82, 2.24) is 4.90 Å². The molecule has 2 fully saturated rings. The second-order valence-electron chi connectivity index (χ2n) is 6.19. The number of aliphatic carboxylic acids is 1. The van der Waals surface area contributed by atoms with Crippen molar-refractivity contribution in [3.05, 3.63) is 29.8 Å². The van der Waals surface area contributed by atoms with Crippen molar-refractivity contribution in [1.29, 1.82) is 0 Å². The molecule has 2 aliphatic rings. The van der Waals surface area contributed by atoms with Gasteiger partial charge < -0.3 is 20.8 Å². The molecule has 1 unspecified atom stereocenters. The number of benzene rings is 1. The summed E-state index contributed by atoms with van der Waals surface area (Å²) in [6, 6.07) is 5.25. The summed E-state index contributed by atoms with van der Waals surface area (Å²) in [7, 11) is 0. The predicted molar refractivity (Wildman–Crippen MR) is 82.3 cm³/mol. The van der Waals surface area contributed by atoms with Crippen LogP contribution in [0.2, 0.25) is 0 Å². The van der Waals surface area contributed by atoms with E-state index >= 15 is 0 Å². The predicted octanol–water partition coefficient (Wildman–Crippen LogP) is 1.30. The Morgan fingerprint density at radius 3 is 2.50 bits per heavy atom. The van der Waals surface area contributed by atoms with Crippen molar-refractivity contribution in [3.63, 3.8) is 0 Å². The van der Waals surface area contributed by atoms with Crippen LogP contribution in [0.3, 0.4) is 0 Å². The Balaban J connectivity index is 2.13. The molecule has 3 rings (SSSR count). The Morgan fingerprint density at radius 1 is 1.41 bits per heavy atom. The second kappa shape index (κ2) is 4.63. The van der Waals surface area contributed by atoms with Gasteiger partial charge in [0.05, 0.1) is 17.8 Å². The fraction of sp³-hybridized carbons (Fsp3) is 0.467. The van der Waals surface area contributed by atoms with Crippen molar-refractivity contribution in [3.8, 4) is 5.75 Å². The molecule has 0 spiro atoms. The number of amides is 1. The van der Waals surface area contributed by atoms with Crippen LogP contribution in [0.15, 0.2) is 24.3 Å². The minimum absolute atomic E-state index is 0.0817. The zero-order chi connectivity index (χ0) is 16.3. The molecular weight excluding hydrogens is 304 g/mol. The quantitative estimate of drug-likeness (QED) is 0.725. The number of fused-ring (bicyclic) bond motifs is 1. The molecule has 1 aromatic carbocycles. The maximum Gasteiger partial charge on any atom is 0.333 e. The molecule has 7 heteroatoms. The molecule has 2 heterocycles. The highest BCUT2D eigenvalue weighted by atomic mass is 32.2. The third-order valence-electron chi connectivity index (χ3n) is 4.66. The molecular formula is C15H18N2O4S. The van der Waals surface area contributed by atoms with Crippen molar-refractivity contribution in [2.45, 2.75) is 42.0 Å². The zero-order valence-electron chi connectivity index (χ0n) is 12.3. The standard InChI is InChI=1S/C15H18N2O4S/c1-14(2)15(13(20)21,17-10(19)7-11(17)22-14)12(16)8-3-5-9(18)6-4-8/h3-6,11-12,18H,7,16H2,1-2H3,(H,20,21)/t11-,12?,15+/m1/s1. The first-order valence-electron chi connectivity index (χ1n) is 6.99. The summed E-state index contributed by atoms with van der Waals surface area (Å²) in [5.41, 5.74) is 5.41. The molecule has 4 N–H and O–H groups in total. The number of carbonyl (C=O) groups is 2. The molecule has 118 valence electrons. The highest BCUT2D eigenvalue weighted by molar-refractivity contribution is 8.01. The zero-order valence-corrected chi connectivity index (χ0v) is 13.1. The highest BCUT2D eigenvalue weighted by Gasteiger charge is 2.71. The number of phenolic OH excluding ortho intramolecular Hbond substituents is 1. The van der Waals surface area contributed by atoms with E-state index in [-0.39, 0.29) is 17.0 Å². The van der Waals surface area contributed by atoms with Crippen LogP contribution in [-0.4, -0.2) is 42.6 Å². The topological polar surface area (TPSA) is 104 Å². The van der Waals surface area contributed by atoms with E-state index < -0.39 is 22.3 Å². The van der Waals surface area contributed by atoms with E-state index in [4.69, 9.17) is 5.73 Å². The summed E-state index contributed by atoms with van der Waals surface area (Å²) in [6.07, 6.45) is 0.353. The fourth-order valence-electron chi connectivity index (χ4n) is 3.57. The lowest BCUT2D eigenvalue weighted by atomic mass is 9.73. The Kier molecular flexibility index (Phi) is 3.19. The molecule has 0 saturated carbocycles. The molecule has 3 atom stereocenters. The summed E-state index contributed by atoms with van der Waals surface area (Å²) in [5, 5.41) is 19.3. The van der Waals surface area contributed by atoms with Gasteiger partial charge in [-0.05, 0) is 31.5 Å². The molecule has 1 amide bonds. The van der Waals surface area contributed by atoms with Crippen LogP contribution in [0, 0.1) is 0 Å². The number of phenols is 1. The number of nitrogens with zero attached hydrogens (tertiary/aromatic N) is 1. The molecule has 0 aliphatic carbocycles. The van der Waals surface area contributed by atoms with Gasteiger partial charge in [-0.1, -0.05) is 12.1 Å². The molecule has 0 radical (unpaired) electrons. The normalized spacial score (nSPS) is 30.6. The van der Waals surface area contributed by atoms with E-state index in [1.165, 1.54) is 28.8 Å². The largest absolute Gasteiger partial charge is 0.508 e. The first-order chi connectivity index (χ1) is 10.2. The second-order valence-corrected chi connectivity index (χ2v) is 7.99. The van der Waals surface area contributed by atoms with E-state index in [0.717, 1.165) is 0 Å². The van der Waals surface area contributed by atoms with E-state index in [1.54, 1.807) is 12.1 Å². The molecule has 0 bridgehead atoms. The summed E-state index contributed by atoms with van der Waals surface area (Å²) in [5.74, 6) is -1.20. The van der Waals surface area contributed by atoms with Gasteiger partial charge in [-0.25, -0.2) is 4.79 Å². The van der Waals surface area contributed by atoms with Crippen molar-refractivity contribution in [2.24, 2.45) is 5.73 Å². The average molecular weight is 322 g/mol. The smallest absolute Gasteiger partial charge is 0.333 e. The summed E-state index contributed by atoms with van der Waals surface area (Å²) < 4.78 is -0.729. The maximum atomic E-state index is 12.2. The van der Waals surface area contributed by atoms with Crippen LogP contribution >= 0.6 is 11.8 Å². The van der Waals surface area contributed by atoms with Gasteiger partial charge in [0.2, 0.25) is 5.91 Å². The fourth-order valence-corrected chi connectivity index (χ4v) is 5.35. The minimum Gasteiger partial charge on any atom is -0.508 e. The summed E-state index contributed by atoms with van der Waals surface area (Å²) in [6.45, 7) is 3.63. The number of carboxylic acid groups (broad SMARTS) is 1. The third-order valence-corrected chi connectivity index (χ3v) is 6.21. The van der Waals surface area contributed by atoms with Gasteiger partial charge in [0.15, 0.2) is 5.54 Å². The number of hydrogen-bond donors (Lipinski definition) is 3. The van der Waals surface area contributed by atoms with Crippen LogP contribution < -0.4 is 5.73 Å². The Hall–Kier alpha value is -1.73. The van der Waals surface area contributed by atoms with Gasteiger partial charge in [-0.2, -0.15) is 0 Å². The average Bonchev–Trinajstić information content (AvgIpc) is 2.62. The molecule has 6 nitrogen and oxygen atoms in total. The number of nitrogens with two attached hydrogens (primary N) is 1. The van der Waals surface area contributed by atoms with E-state index in [2.05, 4.69) is 0 Å². The number of thioether (sulfide) groups is 1. The summed E-state index contributed by atoms with van der Waals surface area (Å²) >= 11 is 1.48. The van der Waals surface area contributed by atoms with E-state index in [1.807, 2.05) is 13.8 Å². The molecule has 1 aromatic rings. The third kappa shape index (κ3) is 1.72. The Labute approximate surface area is 132 Å². The summed E-state index contributed by atoms with van der Waals surface area (Å²) in [4.78, 5) is 25.7. The van der Waals surface area contributed by atoms with Gasteiger partial charge in [0, 0.05) is 4.75 Å². The lowest BCUT2D eigenvalue weighted by Gasteiger charge is -2.49. The monoisotopic (exact) mass is 322 g/mol. The van der Waals surface area contributed by atoms with Crippen LogP contribution in [0.5, 0.6) is 5.75 Å². The van der Waals surface area contributed by atoms with Crippen LogP contribution in [0.1, 0.15) is 31.9 Å². The van der Waals surface area contributed by atoms with Crippen molar-refractivity contribution < 1.29 is 19.8 Å². The number of hydrogen-bond acceptors (Lipinski definition) is 5. The number of aromatic hydroxyl groups is 1. The van der Waals surface area contributed by atoms with Gasteiger partial charge in [-0.3, -0.25) is 4.79 Å². The Bertz CT molecular complexity index is 645. The van der Waals surface area contributed by atoms with Crippen LogP contribution in [0.4, 0.5) is 0 Å². The first kappa shape index (κ1) is 15.2. The number of carboxylic acids is 1. The molecule has 2 saturated heterocycles. The van der Waals surface area contributed by atoms with Crippen molar-refractivity contribution in [2.75, 3.05) is 0 Å². The van der Waals surface area contributed by atoms with Gasteiger partial charge >= 0.3 is 5.97 Å². The van der Waals surface area contributed by atoms with Crippen molar-refractivity contribution >= 4 is 23.6 Å². The molecule has 2 aliphatic heterocycles.